The third-order valence-electron chi connectivity index (χ3n) is 8.75. The Balaban J connectivity index is 1.55. The van der Waals surface area contributed by atoms with Crippen LogP contribution in [0, 0.1) is 11.8 Å². The van der Waals surface area contributed by atoms with Crippen LogP contribution in [0.2, 0.25) is 0 Å². The number of carbonyl (C=O) groups is 4. The third-order valence-corrected chi connectivity index (χ3v) is 8.75. The first-order valence-electron chi connectivity index (χ1n) is 16.5. The Kier molecular flexibility index (Phi) is 12.2. The van der Waals surface area contributed by atoms with Crippen LogP contribution in [-0.2, 0) is 32.1 Å². The van der Waals surface area contributed by atoms with Gasteiger partial charge in [0.05, 0.1) is 12.1 Å². The molecule has 0 aromatic heterocycles. The molecule has 244 valence electrons. The molecule has 2 aromatic rings. The summed E-state index contributed by atoms with van der Waals surface area (Å²) in [5, 5.41) is 16.9. The number of aliphatic hydroxyl groups excluding tert-OH is 1. The second kappa shape index (κ2) is 16.0. The van der Waals surface area contributed by atoms with Crippen molar-refractivity contribution in [1.29, 1.82) is 0 Å². The Hall–Kier alpha value is -3.72. The molecule has 1 saturated carbocycles. The van der Waals surface area contributed by atoms with Crippen LogP contribution in [0.25, 0.3) is 0 Å². The molecule has 4 atom stereocenters. The molecule has 1 unspecified atom stereocenters. The summed E-state index contributed by atoms with van der Waals surface area (Å²) in [6.07, 6.45) is 4.38. The summed E-state index contributed by atoms with van der Waals surface area (Å²) in [6, 6.07) is 14.2. The number of nitrogens with one attached hydrogen (secondary N) is 2. The fourth-order valence-corrected chi connectivity index (χ4v) is 6.48. The molecule has 3 N–H and O–H groups in total. The number of fused-ring (bicyclic) bond motifs is 1. The number of ether oxygens (including phenoxy) is 1. The number of amides is 3. The van der Waals surface area contributed by atoms with Gasteiger partial charge in [-0.3, -0.25) is 14.4 Å². The molecule has 9 heteroatoms. The second-order valence-corrected chi connectivity index (χ2v) is 13.3. The second-order valence-electron chi connectivity index (χ2n) is 13.3. The van der Waals surface area contributed by atoms with Crippen LogP contribution in [0.1, 0.15) is 94.1 Å². The van der Waals surface area contributed by atoms with Gasteiger partial charge in [0, 0.05) is 18.5 Å². The van der Waals surface area contributed by atoms with Crippen molar-refractivity contribution in [1.82, 2.24) is 15.5 Å². The maximum absolute atomic E-state index is 14.1. The van der Waals surface area contributed by atoms with Crippen LogP contribution >= 0.6 is 0 Å². The van der Waals surface area contributed by atoms with E-state index < -0.39 is 48.1 Å². The molecule has 2 aromatic carbocycles. The van der Waals surface area contributed by atoms with E-state index in [-0.39, 0.29) is 24.2 Å². The molecule has 0 bridgehead atoms. The van der Waals surface area contributed by atoms with E-state index in [1.807, 2.05) is 62.4 Å². The van der Waals surface area contributed by atoms with Gasteiger partial charge in [-0.25, -0.2) is 4.79 Å². The molecule has 3 amide bonds. The van der Waals surface area contributed by atoms with Gasteiger partial charge in [-0.2, -0.15) is 0 Å². The van der Waals surface area contributed by atoms with Gasteiger partial charge in [0.1, 0.15) is 12.1 Å². The van der Waals surface area contributed by atoms with Crippen LogP contribution in [-0.4, -0.2) is 64.0 Å². The van der Waals surface area contributed by atoms with Crippen LogP contribution in [0.4, 0.5) is 0 Å². The number of rotatable bonds is 14. The maximum atomic E-state index is 14.1. The van der Waals surface area contributed by atoms with Gasteiger partial charge in [0.2, 0.25) is 11.8 Å². The summed E-state index contributed by atoms with van der Waals surface area (Å²) in [5.41, 5.74) is 2.33. The van der Waals surface area contributed by atoms with Gasteiger partial charge in [0.15, 0.2) is 6.10 Å². The molecule has 4 rings (SSSR count). The number of aliphatic hydroxyl groups is 1. The van der Waals surface area contributed by atoms with Crippen molar-refractivity contribution in [3.8, 4) is 0 Å². The third kappa shape index (κ3) is 9.39. The highest BCUT2D eigenvalue weighted by Crippen LogP contribution is 2.29. The zero-order valence-corrected chi connectivity index (χ0v) is 27.0. The van der Waals surface area contributed by atoms with E-state index in [1.54, 1.807) is 24.8 Å². The Labute approximate surface area is 267 Å². The summed E-state index contributed by atoms with van der Waals surface area (Å²) in [4.78, 5) is 55.8. The van der Waals surface area contributed by atoms with Crippen molar-refractivity contribution in [2.45, 2.75) is 116 Å². The minimum Gasteiger partial charge on any atom is -0.461 e. The molecular weight excluding hydrogens is 570 g/mol. The predicted octanol–water partition coefficient (Wildman–Crippen LogP) is 4.55. The molecular formula is C36H49N3O6. The van der Waals surface area contributed by atoms with Crippen LogP contribution in [0.5, 0.6) is 0 Å². The van der Waals surface area contributed by atoms with Gasteiger partial charge >= 0.3 is 5.97 Å². The van der Waals surface area contributed by atoms with E-state index in [0.717, 1.165) is 43.2 Å². The molecule has 45 heavy (non-hydrogen) atoms. The van der Waals surface area contributed by atoms with Crippen molar-refractivity contribution in [3.05, 3.63) is 71.3 Å². The molecule has 2 aliphatic rings. The van der Waals surface area contributed by atoms with E-state index >= 15 is 0 Å². The van der Waals surface area contributed by atoms with Gasteiger partial charge in [0.25, 0.3) is 5.91 Å². The fraction of sp³-hybridized carbons (Fsp3) is 0.556. The van der Waals surface area contributed by atoms with Crippen LogP contribution in [0.3, 0.4) is 0 Å². The van der Waals surface area contributed by atoms with E-state index in [1.165, 1.54) is 0 Å². The van der Waals surface area contributed by atoms with Crippen molar-refractivity contribution >= 4 is 23.7 Å². The number of hydrogen-bond donors (Lipinski definition) is 3. The lowest BCUT2D eigenvalue weighted by atomic mass is 9.83. The average molecular weight is 620 g/mol. The highest BCUT2D eigenvalue weighted by Gasteiger charge is 2.39. The topological polar surface area (TPSA) is 125 Å². The van der Waals surface area contributed by atoms with E-state index in [2.05, 4.69) is 10.6 Å². The summed E-state index contributed by atoms with van der Waals surface area (Å²) < 4.78 is 5.29. The molecule has 9 nitrogen and oxygen atoms in total. The lowest BCUT2D eigenvalue weighted by Gasteiger charge is -2.32. The number of esters is 1. The largest absolute Gasteiger partial charge is 0.461 e. The Morgan fingerprint density at radius 3 is 2.22 bits per heavy atom. The highest BCUT2D eigenvalue weighted by atomic mass is 16.6. The van der Waals surface area contributed by atoms with Crippen LogP contribution in [0.15, 0.2) is 54.6 Å². The van der Waals surface area contributed by atoms with Crippen molar-refractivity contribution in [2.75, 3.05) is 0 Å². The number of benzene rings is 2. The molecule has 1 aliphatic carbocycles. The standard InChI is InChI=1S/C36H49N3O6/c1-23(2)19-30(33(41)37-29(20-25-13-7-5-8-14-25)32(40)36(44)45-24(3)4)38-34(42)31(21-26-15-9-6-10-16-26)39-22-27-17-11-12-18-28(27)35(39)43/h6,9-12,15-18,23-25,29-32,40H,5,7-8,13-14,19-22H2,1-4H3,(H,37,41)(H,38,42)/t29-,30-,31-,32?/m0/s1. The zero-order valence-electron chi connectivity index (χ0n) is 27.0. The summed E-state index contributed by atoms with van der Waals surface area (Å²) in [5.74, 6) is -1.56. The predicted molar refractivity (Wildman–Crippen MR) is 172 cm³/mol. The number of carbonyl (C=O) groups excluding carboxylic acids is 4. The number of hydrogen-bond acceptors (Lipinski definition) is 6. The van der Waals surface area contributed by atoms with E-state index in [0.29, 0.717) is 24.9 Å². The first-order chi connectivity index (χ1) is 21.5. The van der Waals surface area contributed by atoms with Gasteiger partial charge in [-0.1, -0.05) is 94.5 Å². The molecule has 1 fully saturated rings. The van der Waals surface area contributed by atoms with Gasteiger partial charge < -0.3 is 25.4 Å². The normalized spacial score (nSPS) is 17.8. The summed E-state index contributed by atoms with van der Waals surface area (Å²) in [6.45, 7) is 7.65. The van der Waals surface area contributed by atoms with Gasteiger partial charge in [-0.05, 0) is 55.7 Å². The Morgan fingerprint density at radius 1 is 0.911 bits per heavy atom. The van der Waals surface area contributed by atoms with Gasteiger partial charge in [-0.15, -0.1) is 0 Å². The lowest BCUT2D eigenvalue weighted by molar-refractivity contribution is -0.159. The monoisotopic (exact) mass is 619 g/mol. The zero-order chi connectivity index (χ0) is 32.5. The Bertz CT molecular complexity index is 1310. The minimum absolute atomic E-state index is 0.0546. The lowest BCUT2D eigenvalue weighted by Crippen LogP contribution is -2.58. The minimum atomic E-state index is -1.53. The SMILES string of the molecule is CC(C)C[C@H](NC(=O)[C@H](Cc1ccccc1)N1Cc2ccccc2C1=O)C(=O)N[C@@H](CC1CCCCC1)C(O)C(=O)OC(C)C. The molecule has 0 saturated heterocycles. The van der Waals surface area contributed by atoms with Crippen molar-refractivity contribution < 1.29 is 29.0 Å². The first-order valence-corrected chi connectivity index (χ1v) is 16.5. The highest BCUT2D eigenvalue weighted by molar-refractivity contribution is 6.01. The smallest absolute Gasteiger partial charge is 0.337 e. The number of nitrogens with zero attached hydrogens (tertiary/aromatic N) is 1. The van der Waals surface area contributed by atoms with Crippen molar-refractivity contribution in [2.24, 2.45) is 11.8 Å². The summed E-state index contributed by atoms with van der Waals surface area (Å²) in [7, 11) is 0. The maximum Gasteiger partial charge on any atom is 0.337 e. The van der Waals surface area contributed by atoms with Crippen molar-refractivity contribution in [3.63, 3.8) is 0 Å². The van der Waals surface area contributed by atoms with E-state index in [9.17, 15) is 24.3 Å². The van der Waals surface area contributed by atoms with E-state index in [4.69, 9.17) is 4.74 Å². The average Bonchev–Trinajstić information content (AvgIpc) is 3.35. The molecule has 1 heterocycles. The summed E-state index contributed by atoms with van der Waals surface area (Å²) >= 11 is 0. The molecule has 0 spiro atoms. The quantitative estimate of drug-likeness (QED) is 0.267. The Morgan fingerprint density at radius 2 is 1.58 bits per heavy atom. The molecule has 0 radical (unpaired) electrons. The fourth-order valence-electron chi connectivity index (χ4n) is 6.48. The van der Waals surface area contributed by atoms with Crippen LogP contribution < -0.4 is 10.6 Å². The first kappa shape index (κ1) is 34.2. The molecule has 1 aliphatic heterocycles.